The Kier molecular flexibility index (Phi) is 4.98. The van der Waals surface area contributed by atoms with Crippen molar-refractivity contribution in [3.63, 3.8) is 0 Å². The van der Waals surface area contributed by atoms with Gasteiger partial charge in [0, 0.05) is 30.6 Å². The molecule has 0 saturated carbocycles. The predicted molar refractivity (Wildman–Crippen MR) is 98.3 cm³/mol. The minimum atomic E-state index is -0.232. The molecule has 2 amide bonds. The van der Waals surface area contributed by atoms with Crippen LogP contribution in [0.5, 0.6) is 0 Å². The van der Waals surface area contributed by atoms with Gasteiger partial charge in [0.05, 0.1) is 5.25 Å². The highest BCUT2D eigenvalue weighted by atomic mass is 35.5. The number of carbonyl (C=O) groups excluding carboxylic acids is 1. The minimum Gasteiger partial charge on any atom is -0.460 e. The molecule has 2 heterocycles. The summed E-state index contributed by atoms with van der Waals surface area (Å²) < 4.78 is 6.64. The molecular formula is C15H15ClN4O2S2. The zero-order valence-electron chi connectivity index (χ0n) is 13.2. The van der Waals surface area contributed by atoms with Crippen LogP contribution in [-0.2, 0) is 0 Å². The summed E-state index contributed by atoms with van der Waals surface area (Å²) in [7, 11) is 3.23. The number of aromatic nitrogens is 2. The highest BCUT2D eigenvalue weighted by Crippen LogP contribution is 2.39. The lowest BCUT2D eigenvalue weighted by atomic mass is 10.2. The number of fused-ring (bicyclic) bond motifs is 1. The van der Waals surface area contributed by atoms with Crippen molar-refractivity contribution in [1.29, 1.82) is 0 Å². The van der Waals surface area contributed by atoms with Gasteiger partial charge in [-0.05, 0) is 25.1 Å². The van der Waals surface area contributed by atoms with Gasteiger partial charge in [0.1, 0.15) is 11.3 Å². The summed E-state index contributed by atoms with van der Waals surface area (Å²) in [5.41, 5.74) is 0.766. The van der Waals surface area contributed by atoms with Gasteiger partial charge >= 0.3 is 6.03 Å². The summed E-state index contributed by atoms with van der Waals surface area (Å²) in [5.74, 6) is 0.841. The van der Waals surface area contributed by atoms with Crippen LogP contribution >= 0.6 is 34.7 Å². The van der Waals surface area contributed by atoms with Crippen molar-refractivity contribution in [2.24, 2.45) is 0 Å². The first kappa shape index (κ1) is 17.1. The monoisotopic (exact) mass is 382 g/mol. The van der Waals surface area contributed by atoms with E-state index in [1.807, 2.05) is 25.1 Å². The lowest BCUT2D eigenvalue weighted by Gasteiger charge is -2.11. The van der Waals surface area contributed by atoms with Gasteiger partial charge in [-0.3, -0.25) is 4.90 Å². The third-order valence-corrected chi connectivity index (χ3v) is 5.82. The molecule has 126 valence electrons. The van der Waals surface area contributed by atoms with Gasteiger partial charge in [-0.25, -0.2) is 4.79 Å². The molecule has 0 aliphatic heterocycles. The summed E-state index contributed by atoms with van der Waals surface area (Å²) in [6.07, 6.45) is 0. The molecule has 0 saturated heterocycles. The second-order valence-electron chi connectivity index (χ2n) is 5.06. The van der Waals surface area contributed by atoms with E-state index in [2.05, 4.69) is 15.5 Å². The molecule has 24 heavy (non-hydrogen) atoms. The number of nitrogens with one attached hydrogen (secondary N) is 1. The Morgan fingerprint density at radius 1 is 1.42 bits per heavy atom. The zero-order chi connectivity index (χ0) is 17.3. The van der Waals surface area contributed by atoms with Crippen LogP contribution in [-0.4, -0.2) is 30.3 Å². The number of furan rings is 1. The van der Waals surface area contributed by atoms with E-state index >= 15 is 0 Å². The van der Waals surface area contributed by atoms with Crippen molar-refractivity contribution >= 4 is 56.8 Å². The summed E-state index contributed by atoms with van der Waals surface area (Å²) >= 11 is 8.88. The molecule has 1 unspecified atom stereocenters. The second kappa shape index (κ2) is 7.00. The van der Waals surface area contributed by atoms with Crippen molar-refractivity contribution < 1.29 is 9.21 Å². The number of hydrogen-bond donors (Lipinski definition) is 1. The summed E-state index contributed by atoms with van der Waals surface area (Å²) in [4.78, 5) is 13.0. The number of anilines is 1. The second-order valence-corrected chi connectivity index (χ2v) is 8.04. The van der Waals surface area contributed by atoms with Gasteiger partial charge < -0.3 is 9.73 Å². The number of benzene rings is 1. The molecule has 0 aliphatic carbocycles. The van der Waals surface area contributed by atoms with E-state index in [1.54, 1.807) is 20.2 Å². The van der Waals surface area contributed by atoms with Crippen LogP contribution < -0.4 is 10.2 Å². The first-order valence-corrected chi connectivity index (χ1v) is 9.20. The number of halogens is 1. The number of urea groups is 1. The van der Waals surface area contributed by atoms with E-state index < -0.39 is 0 Å². The fourth-order valence-electron chi connectivity index (χ4n) is 2.08. The molecule has 1 N–H and O–H groups in total. The third-order valence-electron chi connectivity index (χ3n) is 3.38. The molecule has 3 rings (SSSR count). The van der Waals surface area contributed by atoms with Crippen LogP contribution in [0, 0.1) is 0 Å². The van der Waals surface area contributed by atoms with Crippen LogP contribution in [0.15, 0.2) is 33.0 Å². The fourth-order valence-corrected chi connectivity index (χ4v) is 4.25. The van der Waals surface area contributed by atoms with Crippen molar-refractivity contribution in [2.75, 3.05) is 19.0 Å². The summed E-state index contributed by atoms with van der Waals surface area (Å²) in [5, 5.41) is 13.0. The van der Waals surface area contributed by atoms with Crippen molar-refractivity contribution in [3.8, 4) is 0 Å². The van der Waals surface area contributed by atoms with Gasteiger partial charge in [0.25, 0.3) is 0 Å². The van der Waals surface area contributed by atoms with E-state index in [4.69, 9.17) is 16.0 Å². The van der Waals surface area contributed by atoms with E-state index in [1.165, 1.54) is 28.0 Å². The van der Waals surface area contributed by atoms with Crippen LogP contribution in [0.4, 0.5) is 9.93 Å². The van der Waals surface area contributed by atoms with Gasteiger partial charge in [-0.1, -0.05) is 34.7 Å². The molecule has 0 bridgehead atoms. The molecule has 9 heteroatoms. The predicted octanol–water partition coefficient (Wildman–Crippen LogP) is 4.57. The molecule has 3 aromatic rings. The number of rotatable bonds is 4. The van der Waals surface area contributed by atoms with Crippen LogP contribution in [0.1, 0.15) is 17.9 Å². The first-order chi connectivity index (χ1) is 11.5. The smallest absolute Gasteiger partial charge is 0.323 e. The largest absolute Gasteiger partial charge is 0.460 e. The third kappa shape index (κ3) is 3.50. The minimum absolute atomic E-state index is 0.0577. The van der Waals surface area contributed by atoms with Crippen LogP contribution in [0.3, 0.4) is 0 Å². The number of carbonyl (C=O) groups is 1. The normalized spacial score (nSPS) is 12.3. The highest BCUT2D eigenvalue weighted by Gasteiger charge is 2.18. The lowest BCUT2D eigenvalue weighted by Crippen LogP contribution is -2.34. The number of nitrogens with zero attached hydrogens (tertiary/aromatic N) is 3. The highest BCUT2D eigenvalue weighted by molar-refractivity contribution is 8.01. The quantitative estimate of drug-likeness (QED) is 0.528. The summed E-state index contributed by atoms with van der Waals surface area (Å²) in [6.45, 7) is 2.04. The standard InChI is InChI=1S/C15H15ClN4O2S2/c1-8(11-6-9-4-5-10(16)7-12(9)22-11)23-15-19-18-14(24-15)20(3)13(21)17-2/h4-8H,1-3H3,(H,17,21). The van der Waals surface area contributed by atoms with Gasteiger partial charge in [-0.15, -0.1) is 10.2 Å². The SMILES string of the molecule is CNC(=O)N(C)c1nnc(SC(C)c2cc3ccc(Cl)cc3o2)s1. The van der Waals surface area contributed by atoms with Gasteiger partial charge in [-0.2, -0.15) is 0 Å². The van der Waals surface area contributed by atoms with Crippen LogP contribution in [0.2, 0.25) is 5.02 Å². The van der Waals surface area contributed by atoms with Gasteiger partial charge in [0.15, 0.2) is 4.34 Å². The lowest BCUT2D eigenvalue weighted by molar-refractivity contribution is 0.249. The number of thioether (sulfide) groups is 1. The van der Waals surface area contributed by atoms with Gasteiger partial charge in [0.2, 0.25) is 5.13 Å². The number of hydrogen-bond acceptors (Lipinski definition) is 6. The molecule has 0 fully saturated rings. The molecule has 0 aliphatic rings. The summed E-state index contributed by atoms with van der Waals surface area (Å²) in [6, 6.07) is 7.35. The van der Waals surface area contributed by atoms with E-state index in [0.717, 1.165) is 21.1 Å². The topological polar surface area (TPSA) is 71.3 Å². The van der Waals surface area contributed by atoms with Crippen molar-refractivity contribution in [3.05, 3.63) is 35.0 Å². The first-order valence-electron chi connectivity index (χ1n) is 7.12. The van der Waals surface area contributed by atoms with Crippen molar-refractivity contribution in [1.82, 2.24) is 15.5 Å². The zero-order valence-corrected chi connectivity index (χ0v) is 15.6. The number of amides is 2. The van der Waals surface area contributed by atoms with E-state index in [-0.39, 0.29) is 11.3 Å². The maximum Gasteiger partial charge on any atom is 0.323 e. The average molecular weight is 383 g/mol. The molecule has 2 aromatic heterocycles. The van der Waals surface area contributed by atoms with Crippen LogP contribution in [0.25, 0.3) is 11.0 Å². The molecule has 6 nitrogen and oxygen atoms in total. The molecule has 0 radical (unpaired) electrons. The van der Waals surface area contributed by atoms with E-state index in [9.17, 15) is 4.79 Å². The van der Waals surface area contributed by atoms with E-state index in [0.29, 0.717) is 10.2 Å². The maximum atomic E-state index is 11.6. The molecular weight excluding hydrogens is 368 g/mol. The molecule has 0 spiro atoms. The molecule has 1 atom stereocenters. The fraction of sp³-hybridized carbons (Fsp3) is 0.267. The maximum absolute atomic E-state index is 11.6. The average Bonchev–Trinajstić information content (AvgIpc) is 3.19. The Hall–Kier alpha value is -1.77. The van der Waals surface area contributed by atoms with Crippen molar-refractivity contribution in [2.45, 2.75) is 16.5 Å². The Bertz CT molecular complexity index is 879. The Balaban J connectivity index is 1.75. The Morgan fingerprint density at radius 2 is 2.21 bits per heavy atom. The Labute approximate surface area is 152 Å². The molecule has 1 aromatic carbocycles. The Morgan fingerprint density at radius 3 is 2.96 bits per heavy atom.